The number of anilines is 1. The highest BCUT2D eigenvalue weighted by Gasteiger charge is 2.24. The Morgan fingerprint density at radius 2 is 1.67 bits per heavy atom. The number of hydrogen-bond donors (Lipinski definition) is 1. The normalized spacial score (nSPS) is 10.8. The molecule has 0 aliphatic heterocycles. The number of nitrogens with one attached hydrogen (secondary N) is 1. The zero-order chi connectivity index (χ0) is 26.0. The Labute approximate surface area is 217 Å². The molecule has 9 heteroatoms. The lowest BCUT2D eigenvalue weighted by Gasteiger charge is -2.17. The molecule has 1 heterocycles. The van der Waals surface area contributed by atoms with Gasteiger partial charge in [-0.15, -0.1) is 0 Å². The van der Waals surface area contributed by atoms with Crippen LogP contribution in [0.1, 0.15) is 16.1 Å². The fourth-order valence-corrected chi connectivity index (χ4v) is 4.21. The van der Waals surface area contributed by atoms with Crippen LogP contribution in [0.3, 0.4) is 0 Å². The summed E-state index contributed by atoms with van der Waals surface area (Å²) in [5, 5.41) is 4.71. The fraction of sp³-hybridized carbons (Fsp3) is 0.148. The number of methoxy groups -OCH3 is 1. The van der Waals surface area contributed by atoms with Gasteiger partial charge >= 0.3 is 5.97 Å². The smallest absolute Gasteiger partial charge is 0.356 e. The number of rotatable bonds is 6. The van der Waals surface area contributed by atoms with E-state index in [0.717, 1.165) is 5.56 Å². The van der Waals surface area contributed by atoms with Crippen molar-refractivity contribution in [2.75, 3.05) is 19.0 Å². The third-order valence-electron chi connectivity index (χ3n) is 5.72. The van der Waals surface area contributed by atoms with Gasteiger partial charge in [0.05, 0.1) is 12.8 Å². The summed E-state index contributed by atoms with van der Waals surface area (Å²) >= 11 is 12.2. The zero-order valence-electron chi connectivity index (χ0n) is 19.7. The van der Waals surface area contributed by atoms with E-state index in [0.29, 0.717) is 43.4 Å². The molecular formula is C27H22Cl2N2O5. The van der Waals surface area contributed by atoms with Gasteiger partial charge in [0.25, 0.3) is 11.5 Å². The van der Waals surface area contributed by atoms with E-state index in [1.807, 2.05) is 0 Å². The number of fused-ring (bicyclic) bond motifs is 1. The van der Waals surface area contributed by atoms with Gasteiger partial charge in [0.15, 0.2) is 6.61 Å². The molecule has 0 saturated heterocycles. The third-order valence-corrected chi connectivity index (χ3v) is 6.38. The summed E-state index contributed by atoms with van der Waals surface area (Å²) in [5.41, 5.74) is 1.97. The van der Waals surface area contributed by atoms with Gasteiger partial charge in [-0.2, -0.15) is 0 Å². The Kier molecular flexibility index (Phi) is 7.33. The minimum absolute atomic E-state index is 0.0220. The van der Waals surface area contributed by atoms with Gasteiger partial charge in [0, 0.05) is 34.1 Å². The van der Waals surface area contributed by atoms with Crippen LogP contribution in [0.2, 0.25) is 10.0 Å². The van der Waals surface area contributed by atoms with Crippen molar-refractivity contribution in [1.29, 1.82) is 0 Å². The van der Waals surface area contributed by atoms with Crippen molar-refractivity contribution in [3.05, 3.63) is 92.3 Å². The number of esters is 1. The lowest BCUT2D eigenvalue weighted by Crippen LogP contribution is -2.28. The molecular weight excluding hydrogens is 503 g/mol. The average molecular weight is 525 g/mol. The van der Waals surface area contributed by atoms with Crippen LogP contribution in [0, 0.1) is 6.92 Å². The monoisotopic (exact) mass is 524 g/mol. The highest BCUT2D eigenvalue weighted by Crippen LogP contribution is 2.33. The van der Waals surface area contributed by atoms with Crippen LogP contribution in [0.15, 0.2) is 65.5 Å². The van der Waals surface area contributed by atoms with Crippen LogP contribution in [0.5, 0.6) is 5.75 Å². The van der Waals surface area contributed by atoms with Gasteiger partial charge in [-0.05, 0) is 47.7 Å². The van der Waals surface area contributed by atoms with Gasteiger partial charge in [0.2, 0.25) is 0 Å². The van der Waals surface area contributed by atoms with E-state index < -0.39 is 18.5 Å². The lowest BCUT2D eigenvalue weighted by molar-refractivity contribution is -0.119. The molecule has 0 atom stereocenters. The van der Waals surface area contributed by atoms with Crippen LogP contribution in [-0.4, -0.2) is 30.2 Å². The SMILES string of the molecule is COc1cc(Cl)c(C)cc1NC(=O)COC(=O)c1c(-c2ccc(Cl)cc2)c2ccccc2c(=O)n1C. The first kappa shape index (κ1) is 25.3. The van der Waals surface area contributed by atoms with Gasteiger partial charge in [-0.1, -0.05) is 53.5 Å². The molecule has 184 valence electrons. The van der Waals surface area contributed by atoms with E-state index in [-0.39, 0.29) is 11.3 Å². The molecule has 3 aromatic carbocycles. The number of aryl methyl sites for hydroxylation is 1. The fourth-order valence-electron chi connectivity index (χ4n) is 3.93. The van der Waals surface area contributed by atoms with Gasteiger partial charge < -0.3 is 19.4 Å². The molecule has 7 nitrogen and oxygen atoms in total. The second-order valence-corrected chi connectivity index (χ2v) is 8.91. The molecule has 0 radical (unpaired) electrons. The van der Waals surface area contributed by atoms with Crippen LogP contribution >= 0.6 is 23.2 Å². The molecule has 36 heavy (non-hydrogen) atoms. The molecule has 0 aliphatic carbocycles. The number of amides is 1. The maximum absolute atomic E-state index is 13.3. The molecule has 1 N–H and O–H groups in total. The van der Waals surface area contributed by atoms with Crippen molar-refractivity contribution in [3.63, 3.8) is 0 Å². The summed E-state index contributed by atoms with van der Waals surface area (Å²) < 4.78 is 11.9. The number of nitrogens with zero attached hydrogens (tertiary/aromatic N) is 1. The van der Waals surface area contributed by atoms with E-state index in [9.17, 15) is 14.4 Å². The molecule has 0 spiro atoms. The minimum Gasteiger partial charge on any atom is -0.495 e. The molecule has 0 aliphatic rings. The van der Waals surface area contributed by atoms with Crippen molar-refractivity contribution in [2.45, 2.75) is 6.92 Å². The molecule has 1 amide bonds. The second kappa shape index (κ2) is 10.4. The number of aromatic nitrogens is 1. The van der Waals surface area contributed by atoms with E-state index in [2.05, 4.69) is 5.32 Å². The number of ether oxygens (including phenoxy) is 2. The summed E-state index contributed by atoms with van der Waals surface area (Å²) in [6, 6.07) is 17.1. The van der Waals surface area contributed by atoms with Crippen LogP contribution in [-0.2, 0) is 16.6 Å². The first-order chi connectivity index (χ1) is 17.2. The molecule has 0 saturated carbocycles. The van der Waals surface area contributed by atoms with Crippen molar-refractivity contribution in [1.82, 2.24) is 4.57 Å². The Hall–Kier alpha value is -3.81. The lowest BCUT2D eigenvalue weighted by atomic mass is 9.97. The quantitative estimate of drug-likeness (QED) is 0.330. The number of hydrogen-bond acceptors (Lipinski definition) is 5. The van der Waals surface area contributed by atoms with E-state index in [4.69, 9.17) is 32.7 Å². The van der Waals surface area contributed by atoms with E-state index in [1.165, 1.54) is 18.7 Å². The molecule has 4 aromatic rings. The van der Waals surface area contributed by atoms with Crippen LogP contribution in [0.4, 0.5) is 5.69 Å². The topological polar surface area (TPSA) is 86.6 Å². The Morgan fingerprint density at radius 1 is 1.00 bits per heavy atom. The Morgan fingerprint density at radius 3 is 2.33 bits per heavy atom. The maximum Gasteiger partial charge on any atom is 0.356 e. The summed E-state index contributed by atoms with van der Waals surface area (Å²) in [7, 11) is 2.95. The van der Waals surface area contributed by atoms with Crippen LogP contribution < -0.4 is 15.6 Å². The number of halogens is 2. The first-order valence-corrected chi connectivity index (χ1v) is 11.7. The molecule has 0 unspecified atom stereocenters. The predicted octanol–water partition coefficient (Wildman–Crippen LogP) is 5.62. The largest absolute Gasteiger partial charge is 0.495 e. The van der Waals surface area contributed by atoms with Crippen molar-refractivity contribution in [2.24, 2.45) is 7.05 Å². The van der Waals surface area contributed by atoms with Gasteiger partial charge in [-0.3, -0.25) is 9.59 Å². The van der Waals surface area contributed by atoms with Crippen molar-refractivity contribution >= 4 is 51.5 Å². The summed E-state index contributed by atoms with van der Waals surface area (Å²) in [6.45, 7) is 1.21. The first-order valence-electron chi connectivity index (χ1n) is 10.9. The third kappa shape index (κ3) is 4.94. The Balaban J connectivity index is 1.67. The number of pyridine rings is 1. The predicted molar refractivity (Wildman–Crippen MR) is 141 cm³/mol. The van der Waals surface area contributed by atoms with Crippen molar-refractivity contribution in [3.8, 4) is 16.9 Å². The maximum atomic E-state index is 13.3. The molecule has 4 rings (SSSR count). The van der Waals surface area contributed by atoms with Crippen molar-refractivity contribution < 1.29 is 19.1 Å². The summed E-state index contributed by atoms with van der Waals surface area (Å²) in [6.07, 6.45) is 0. The Bertz CT molecular complexity index is 1550. The molecule has 0 bridgehead atoms. The summed E-state index contributed by atoms with van der Waals surface area (Å²) in [5.74, 6) is -1.03. The van der Waals surface area contributed by atoms with Crippen LogP contribution in [0.25, 0.3) is 21.9 Å². The van der Waals surface area contributed by atoms with E-state index in [1.54, 1.807) is 67.6 Å². The van der Waals surface area contributed by atoms with Gasteiger partial charge in [0.1, 0.15) is 11.4 Å². The summed E-state index contributed by atoms with van der Waals surface area (Å²) in [4.78, 5) is 38.9. The minimum atomic E-state index is -0.820. The highest BCUT2D eigenvalue weighted by molar-refractivity contribution is 6.31. The number of benzene rings is 3. The standard InChI is InChI=1S/C27H22Cl2N2O5/c1-15-12-21(22(35-3)13-20(15)29)30-23(32)14-36-27(34)25-24(16-8-10-17(28)11-9-16)18-6-4-5-7-19(18)26(33)31(25)2/h4-13H,14H2,1-3H3,(H,30,32). The van der Waals surface area contributed by atoms with E-state index >= 15 is 0 Å². The van der Waals surface area contributed by atoms with Gasteiger partial charge in [-0.25, -0.2) is 4.79 Å². The molecule has 0 fully saturated rings. The highest BCUT2D eigenvalue weighted by atomic mass is 35.5. The zero-order valence-corrected chi connectivity index (χ0v) is 21.2. The number of carbonyl (C=O) groups is 2. The average Bonchev–Trinajstić information content (AvgIpc) is 2.87. The second-order valence-electron chi connectivity index (χ2n) is 8.07. The molecule has 1 aromatic heterocycles. The number of carbonyl (C=O) groups excluding carboxylic acids is 2.